The Balaban J connectivity index is 1.61. The topological polar surface area (TPSA) is 96.1 Å². The van der Waals surface area contributed by atoms with E-state index in [1.807, 2.05) is 60.8 Å². The van der Waals surface area contributed by atoms with Gasteiger partial charge in [0.15, 0.2) is 11.5 Å². The molecule has 246 valence electrons. The second-order valence-electron chi connectivity index (χ2n) is 12.1. The van der Waals surface area contributed by atoms with Crippen LogP contribution < -0.4 is 14.8 Å². The number of carbonyl (C=O) groups is 2. The molecule has 1 aromatic heterocycles. The molecule has 0 aliphatic rings. The monoisotopic (exact) mass is 628 g/mol. The summed E-state index contributed by atoms with van der Waals surface area (Å²) in [6.45, 7) is 9.72. The van der Waals surface area contributed by atoms with Crippen LogP contribution in [0.1, 0.15) is 61.8 Å². The summed E-state index contributed by atoms with van der Waals surface area (Å²) in [5, 5.41) is 4.30. The number of hydrogen-bond acceptors (Lipinski definition) is 5. The number of aromatic amines is 1. The third-order valence-corrected chi connectivity index (χ3v) is 8.28. The molecule has 0 radical (unpaired) electrons. The molecule has 1 heterocycles. The first kappa shape index (κ1) is 34.4. The number of anilines is 1. The Bertz CT molecular complexity index is 1590. The molecule has 0 aliphatic carbocycles. The van der Waals surface area contributed by atoms with Crippen molar-refractivity contribution >= 4 is 28.5 Å². The quantitative estimate of drug-likeness (QED) is 0.145. The first-order valence-corrected chi connectivity index (χ1v) is 15.9. The van der Waals surface area contributed by atoms with E-state index >= 15 is 0 Å². The first-order chi connectivity index (χ1) is 22.2. The van der Waals surface area contributed by atoms with Crippen LogP contribution in [0.2, 0.25) is 0 Å². The molecule has 3 amide bonds. The van der Waals surface area contributed by atoms with E-state index in [0.717, 1.165) is 38.8 Å². The minimum atomic E-state index is -0.330. The Morgan fingerprint density at radius 1 is 0.826 bits per heavy atom. The summed E-state index contributed by atoms with van der Waals surface area (Å²) in [5.74, 6) is 1.47. The number of aromatic nitrogens is 1. The number of benzene rings is 3. The van der Waals surface area contributed by atoms with Crippen molar-refractivity contribution in [3.05, 3.63) is 89.1 Å². The van der Waals surface area contributed by atoms with Crippen LogP contribution in [0, 0.1) is 0 Å². The van der Waals surface area contributed by atoms with Crippen molar-refractivity contribution in [1.29, 1.82) is 0 Å². The maximum atomic E-state index is 14.1. The van der Waals surface area contributed by atoms with Gasteiger partial charge in [-0.25, -0.2) is 4.79 Å². The predicted octanol–water partition coefficient (Wildman–Crippen LogP) is 7.18. The van der Waals surface area contributed by atoms with E-state index in [4.69, 9.17) is 14.2 Å². The molecule has 0 fully saturated rings. The van der Waals surface area contributed by atoms with Crippen molar-refractivity contribution in [2.24, 2.45) is 0 Å². The summed E-state index contributed by atoms with van der Waals surface area (Å²) in [7, 11) is 4.78. The van der Waals surface area contributed by atoms with Crippen LogP contribution >= 0.6 is 0 Å². The second-order valence-corrected chi connectivity index (χ2v) is 12.1. The average Bonchev–Trinajstić information content (AvgIpc) is 3.47. The predicted molar refractivity (Wildman–Crippen MR) is 184 cm³/mol. The lowest BCUT2D eigenvalue weighted by atomic mass is 9.93. The Kier molecular flexibility index (Phi) is 12.1. The largest absolute Gasteiger partial charge is 0.493 e. The lowest BCUT2D eigenvalue weighted by Gasteiger charge is -2.29. The van der Waals surface area contributed by atoms with Crippen LogP contribution in [0.4, 0.5) is 10.5 Å². The van der Waals surface area contributed by atoms with E-state index in [1.165, 1.54) is 0 Å². The minimum absolute atomic E-state index is 0.1000. The van der Waals surface area contributed by atoms with E-state index in [2.05, 4.69) is 44.1 Å². The highest BCUT2D eigenvalue weighted by Gasteiger charge is 2.24. The number of hydrogen-bond donors (Lipinski definition) is 2. The number of methoxy groups -OCH3 is 3. The molecule has 3 aromatic carbocycles. The van der Waals surface area contributed by atoms with Gasteiger partial charge in [-0.3, -0.25) is 4.79 Å². The zero-order valence-corrected chi connectivity index (χ0v) is 28.2. The average molecular weight is 629 g/mol. The maximum absolute atomic E-state index is 14.1. The molecule has 0 spiro atoms. The van der Waals surface area contributed by atoms with Gasteiger partial charge in [-0.15, -0.1) is 0 Å². The van der Waals surface area contributed by atoms with E-state index in [1.54, 1.807) is 31.1 Å². The van der Waals surface area contributed by atoms with E-state index in [-0.39, 0.29) is 36.9 Å². The van der Waals surface area contributed by atoms with E-state index in [0.29, 0.717) is 37.6 Å². The zero-order valence-electron chi connectivity index (χ0n) is 28.2. The van der Waals surface area contributed by atoms with Crippen LogP contribution in [0.3, 0.4) is 0 Å². The van der Waals surface area contributed by atoms with E-state index < -0.39 is 0 Å². The summed E-state index contributed by atoms with van der Waals surface area (Å²) in [5.41, 5.74) is 6.01. The Hall–Kier alpha value is -4.50. The van der Waals surface area contributed by atoms with Crippen molar-refractivity contribution in [1.82, 2.24) is 14.8 Å². The van der Waals surface area contributed by atoms with Gasteiger partial charge in [0, 0.05) is 49.5 Å². The molecule has 9 nitrogen and oxygen atoms in total. The Morgan fingerprint density at radius 2 is 1.52 bits per heavy atom. The van der Waals surface area contributed by atoms with Gasteiger partial charge in [-0.1, -0.05) is 70.2 Å². The third kappa shape index (κ3) is 8.40. The van der Waals surface area contributed by atoms with Crippen LogP contribution in [0.5, 0.6) is 11.5 Å². The molecular weight excluding hydrogens is 580 g/mol. The molecule has 46 heavy (non-hydrogen) atoms. The molecule has 0 saturated carbocycles. The van der Waals surface area contributed by atoms with Crippen molar-refractivity contribution in [2.75, 3.05) is 52.9 Å². The number of nitrogens with one attached hydrogen (secondary N) is 2. The number of carbonyl (C=O) groups excluding carboxylic acids is 2. The smallest absolute Gasteiger partial charge is 0.322 e. The van der Waals surface area contributed by atoms with Gasteiger partial charge in [-0.05, 0) is 58.7 Å². The van der Waals surface area contributed by atoms with Crippen molar-refractivity contribution < 1.29 is 23.8 Å². The highest BCUT2D eigenvalue weighted by atomic mass is 16.5. The zero-order chi connectivity index (χ0) is 33.2. The number of rotatable bonds is 15. The summed E-state index contributed by atoms with van der Waals surface area (Å²) in [6.07, 6.45) is 2.65. The van der Waals surface area contributed by atoms with Gasteiger partial charge in [0.2, 0.25) is 5.91 Å². The molecule has 9 heteroatoms. The van der Waals surface area contributed by atoms with Gasteiger partial charge in [0.05, 0.1) is 20.8 Å². The van der Waals surface area contributed by atoms with Gasteiger partial charge in [0.1, 0.15) is 6.54 Å². The standard InChI is InChI=1S/C37H48N4O5/c1-25(2)29-12-10-13-30(26(3)4)36(29)39-37(43)41(19-20-44-5)24-35(42)40(23-27-15-16-33(45-6)34(21-27)46-7)18-17-28-22-38-32-14-9-8-11-31(28)32/h8-16,21-22,25-26,38H,17-20,23-24H2,1-7H3,(H,39,43). The second kappa shape index (κ2) is 16.2. The van der Waals surface area contributed by atoms with Crippen LogP contribution in [0.25, 0.3) is 10.9 Å². The van der Waals surface area contributed by atoms with Crippen LogP contribution in [-0.4, -0.2) is 74.3 Å². The fraction of sp³-hybridized carbons (Fsp3) is 0.405. The third-order valence-electron chi connectivity index (χ3n) is 8.28. The van der Waals surface area contributed by atoms with Gasteiger partial charge in [0.25, 0.3) is 0 Å². The summed E-state index contributed by atoms with van der Waals surface area (Å²) < 4.78 is 16.3. The summed E-state index contributed by atoms with van der Waals surface area (Å²) >= 11 is 0. The Morgan fingerprint density at radius 3 is 2.17 bits per heavy atom. The normalized spacial score (nSPS) is 11.2. The number of ether oxygens (including phenoxy) is 3. The summed E-state index contributed by atoms with van der Waals surface area (Å²) in [4.78, 5) is 34.7. The van der Waals surface area contributed by atoms with Gasteiger partial charge < -0.3 is 34.3 Å². The number of amides is 3. The lowest BCUT2D eigenvalue weighted by molar-refractivity contribution is -0.132. The summed E-state index contributed by atoms with van der Waals surface area (Å²) in [6, 6.07) is 19.6. The molecule has 0 aliphatic heterocycles. The maximum Gasteiger partial charge on any atom is 0.322 e. The number of fused-ring (bicyclic) bond motifs is 1. The van der Waals surface area contributed by atoms with Crippen LogP contribution in [0.15, 0.2) is 66.9 Å². The highest BCUT2D eigenvalue weighted by molar-refractivity contribution is 5.94. The fourth-order valence-corrected chi connectivity index (χ4v) is 5.68. The highest BCUT2D eigenvalue weighted by Crippen LogP contribution is 2.33. The van der Waals surface area contributed by atoms with Crippen molar-refractivity contribution in [3.63, 3.8) is 0 Å². The first-order valence-electron chi connectivity index (χ1n) is 15.9. The van der Waals surface area contributed by atoms with Crippen molar-refractivity contribution in [3.8, 4) is 11.5 Å². The molecule has 0 bridgehead atoms. The molecule has 0 saturated heterocycles. The molecule has 4 rings (SSSR count). The number of nitrogens with zero attached hydrogens (tertiary/aromatic N) is 2. The van der Waals surface area contributed by atoms with E-state index in [9.17, 15) is 9.59 Å². The Labute approximate surface area is 272 Å². The lowest BCUT2D eigenvalue weighted by Crippen LogP contribution is -2.46. The van der Waals surface area contributed by atoms with Gasteiger partial charge in [-0.2, -0.15) is 0 Å². The number of urea groups is 1. The number of para-hydroxylation sites is 2. The van der Waals surface area contributed by atoms with Crippen LogP contribution in [-0.2, 0) is 22.5 Å². The minimum Gasteiger partial charge on any atom is -0.493 e. The SMILES string of the molecule is COCCN(CC(=O)N(CCc1c[nH]c2ccccc12)Cc1ccc(OC)c(OC)c1)C(=O)Nc1c(C(C)C)cccc1C(C)C. The van der Waals surface area contributed by atoms with Crippen molar-refractivity contribution in [2.45, 2.75) is 52.5 Å². The number of H-pyrrole nitrogens is 1. The van der Waals surface area contributed by atoms with Gasteiger partial charge >= 0.3 is 6.03 Å². The fourth-order valence-electron chi connectivity index (χ4n) is 5.68. The molecule has 2 N–H and O–H groups in total. The molecule has 0 unspecified atom stereocenters. The molecular formula is C37H48N4O5. The molecule has 4 aromatic rings. The molecule has 0 atom stereocenters.